The summed E-state index contributed by atoms with van der Waals surface area (Å²) in [7, 11) is -3.57. The molecule has 9 heteroatoms. The highest BCUT2D eigenvalue weighted by molar-refractivity contribution is 7.89. The molecule has 3 rings (SSSR count). The van der Waals surface area contributed by atoms with Crippen LogP contribution in [0.4, 0.5) is 0 Å². The van der Waals surface area contributed by atoms with Gasteiger partial charge in [-0.15, -0.1) is 0 Å². The highest BCUT2D eigenvalue weighted by Gasteiger charge is 2.32. The lowest BCUT2D eigenvalue weighted by molar-refractivity contribution is -0.135. The number of likely N-dealkylation sites (tertiary alicyclic amines) is 1. The summed E-state index contributed by atoms with van der Waals surface area (Å²) in [6.07, 6.45) is 3.75. The van der Waals surface area contributed by atoms with Crippen LogP contribution in [0.3, 0.4) is 0 Å². The minimum atomic E-state index is -3.57. The van der Waals surface area contributed by atoms with Gasteiger partial charge in [0.05, 0.1) is 17.4 Å². The van der Waals surface area contributed by atoms with Crippen molar-refractivity contribution in [2.75, 3.05) is 45.8 Å². The monoisotopic (exact) mass is 492 g/mol. The maximum absolute atomic E-state index is 13.0. The summed E-state index contributed by atoms with van der Waals surface area (Å²) < 4.78 is 27.5. The Morgan fingerprint density at radius 3 is 2.44 bits per heavy atom. The molecule has 190 valence electrons. The van der Waals surface area contributed by atoms with Crippen LogP contribution in [0.1, 0.15) is 50.7 Å². The number of aryl methyl sites for hydroxylation is 2. The molecule has 0 aliphatic carbocycles. The average molecular weight is 493 g/mol. The highest BCUT2D eigenvalue weighted by Crippen LogP contribution is 2.21. The Morgan fingerprint density at radius 1 is 1.09 bits per heavy atom. The van der Waals surface area contributed by atoms with Gasteiger partial charge in [-0.2, -0.15) is 4.31 Å². The van der Waals surface area contributed by atoms with E-state index < -0.39 is 10.0 Å². The standard InChI is InChI=1S/C25H40N4O4S/c1-5-7-21(4)26-25(31)22-8-6-11-27(17-22)18-24(30)28-12-14-29(15-13-28)34(32,33)23-10-9-19(2)20(3)16-23/h9-10,16,21-22H,5-8,11-15,17-18H2,1-4H3,(H,26,31). The quantitative estimate of drug-likeness (QED) is 0.601. The highest BCUT2D eigenvalue weighted by atomic mass is 32.2. The summed E-state index contributed by atoms with van der Waals surface area (Å²) in [6, 6.07) is 5.37. The number of benzene rings is 1. The van der Waals surface area contributed by atoms with E-state index >= 15 is 0 Å². The zero-order valence-corrected chi connectivity index (χ0v) is 21.9. The lowest BCUT2D eigenvalue weighted by atomic mass is 9.96. The predicted molar refractivity (Wildman–Crippen MR) is 133 cm³/mol. The summed E-state index contributed by atoms with van der Waals surface area (Å²) in [5, 5.41) is 3.10. The Morgan fingerprint density at radius 2 is 1.79 bits per heavy atom. The SMILES string of the molecule is CCCC(C)NC(=O)C1CCCN(CC(=O)N2CCN(S(=O)(=O)c3ccc(C)c(C)c3)CC2)C1. The van der Waals surface area contributed by atoms with E-state index in [1.54, 1.807) is 17.0 Å². The second-order valence-electron chi connectivity index (χ2n) is 9.80. The summed E-state index contributed by atoms with van der Waals surface area (Å²) in [4.78, 5) is 29.7. The first kappa shape index (κ1) is 26.6. The van der Waals surface area contributed by atoms with Crippen LogP contribution in [-0.2, 0) is 19.6 Å². The molecule has 0 saturated carbocycles. The van der Waals surface area contributed by atoms with E-state index in [1.165, 1.54) is 4.31 Å². The number of carbonyl (C=O) groups is 2. The number of piperazine rings is 1. The summed E-state index contributed by atoms with van der Waals surface area (Å²) >= 11 is 0. The Bertz CT molecular complexity index is 973. The molecule has 1 N–H and O–H groups in total. The van der Waals surface area contributed by atoms with Gasteiger partial charge in [-0.1, -0.05) is 19.4 Å². The smallest absolute Gasteiger partial charge is 0.243 e. The molecular weight excluding hydrogens is 452 g/mol. The zero-order valence-electron chi connectivity index (χ0n) is 21.0. The van der Waals surface area contributed by atoms with Gasteiger partial charge in [-0.3, -0.25) is 14.5 Å². The van der Waals surface area contributed by atoms with Gasteiger partial charge in [-0.25, -0.2) is 8.42 Å². The zero-order chi connectivity index (χ0) is 24.9. The fraction of sp³-hybridized carbons (Fsp3) is 0.680. The lowest BCUT2D eigenvalue weighted by Crippen LogP contribution is -2.53. The molecule has 2 atom stereocenters. The van der Waals surface area contributed by atoms with Crippen molar-refractivity contribution in [1.29, 1.82) is 0 Å². The first-order chi connectivity index (χ1) is 16.1. The largest absolute Gasteiger partial charge is 0.353 e. The van der Waals surface area contributed by atoms with Crippen LogP contribution in [0.25, 0.3) is 0 Å². The van der Waals surface area contributed by atoms with Crippen LogP contribution >= 0.6 is 0 Å². The van der Waals surface area contributed by atoms with Gasteiger partial charge >= 0.3 is 0 Å². The minimum Gasteiger partial charge on any atom is -0.353 e. The van der Waals surface area contributed by atoms with Gasteiger partial charge < -0.3 is 10.2 Å². The summed E-state index contributed by atoms with van der Waals surface area (Å²) in [5.41, 5.74) is 2.01. The predicted octanol–water partition coefficient (Wildman–Crippen LogP) is 2.15. The van der Waals surface area contributed by atoms with Gasteiger partial charge in [-0.05, 0) is 69.8 Å². The molecule has 2 unspecified atom stereocenters. The van der Waals surface area contributed by atoms with Crippen molar-refractivity contribution < 1.29 is 18.0 Å². The van der Waals surface area contributed by atoms with E-state index in [0.717, 1.165) is 43.4 Å². The van der Waals surface area contributed by atoms with Crippen molar-refractivity contribution in [2.45, 2.75) is 64.3 Å². The van der Waals surface area contributed by atoms with Crippen molar-refractivity contribution in [3.8, 4) is 0 Å². The van der Waals surface area contributed by atoms with Crippen molar-refractivity contribution in [2.24, 2.45) is 5.92 Å². The Kier molecular flexibility index (Phi) is 9.12. The molecule has 2 aliphatic rings. The molecule has 2 saturated heterocycles. The molecule has 1 aromatic rings. The Labute approximate surface area is 204 Å². The van der Waals surface area contributed by atoms with Crippen LogP contribution in [0.15, 0.2) is 23.1 Å². The number of rotatable bonds is 8. The molecule has 2 heterocycles. The molecule has 2 amide bonds. The van der Waals surface area contributed by atoms with E-state index in [-0.39, 0.29) is 30.3 Å². The number of hydrogen-bond donors (Lipinski definition) is 1. The molecule has 0 aromatic heterocycles. The summed E-state index contributed by atoms with van der Waals surface area (Å²) in [6.45, 7) is 11.0. The molecule has 2 aliphatic heterocycles. The molecule has 34 heavy (non-hydrogen) atoms. The van der Waals surface area contributed by atoms with E-state index in [1.807, 2.05) is 26.8 Å². The third kappa shape index (κ3) is 6.58. The molecule has 2 fully saturated rings. The first-order valence-corrected chi connectivity index (χ1v) is 13.9. The van der Waals surface area contributed by atoms with Gasteiger partial charge in [0.1, 0.15) is 0 Å². The van der Waals surface area contributed by atoms with Crippen molar-refractivity contribution >= 4 is 21.8 Å². The van der Waals surface area contributed by atoms with E-state index in [2.05, 4.69) is 17.1 Å². The van der Waals surface area contributed by atoms with Gasteiger partial charge in [0.25, 0.3) is 0 Å². The normalized spacial score (nSPS) is 21.3. The fourth-order valence-electron chi connectivity index (χ4n) is 4.77. The molecule has 8 nitrogen and oxygen atoms in total. The van der Waals surface area contributed by atoms with E-state index in [4.69, 9.17) is 0 Å². The second-order valence-corrected chi connectivity index (χ2v) is 11.7. The van der Waals surface area contributed by atoms with Gasteiger partial charge in [0.15, 0.2) is 0 Å². The van der Waals surface area contributed by atoms with Crippen LogP contribution in [0.5, 0.6) is 0 Å². The van der Waals surface area contributed by atoms with Crippen LogP contribution in [0, 0.1) is 19.8 Å². The number of piperidine rings is 1. The maximum atomic E-state index is 13.0. The number of sulfonamides is 1. The molecule has 0 bridgehead atoms. The van der Waals surface area contributed by atoms with E-state index in [0.29, 0.717) is 37.6 Å². The number of amides is 2. The number of nitrogens with one attached hydrogen (secondary N) is 1. The van der Waals surface area contributed by atoms with Crippen LogP contribution < -0.4 is 5.32 Å². The average Bonchev–Trinajstić information content (AvgIpc) is 2.81. The van der Waals surface area contributed by atoms with Crippen molar-refractivity contribution in [3.63, 3.8) is 0 Å². The fourth-order valence-corrected chi connectivity index (χ4v) is 6.28. The Hall–Kier alpha value is -1.97. The van der Waals surface area contributed by atoms with Crippen LogP contribution in [-0.4, -0.2) is 86.2 Å². The van der Waals surface area contributed by atoms with Crippen molar-refractivity contribution in [3.05, 3.63) is 29.3 Å². The van der Waals surface area contributed by atoms with Gasteiger partial charge in [0.2, 0.25) is 21.8 Å². The number of hydrogen-bond acceptors (Lipinski definition) is 5. The molecule has 1 aromatic carbocycles. The number of nitrogens with zero attached hydrogens (tertiary/aromatic N) is 3. The lowest BCUT2D eigenvalue weighted by Gasteiger charge is -2.37. The van der Waals surface area contributed by atoms with Gasteiger partial charge in [0, 0.05) is 38.8 Å². The third-order valence-corrected chi connectivity index (χ3v) is 8.95. The summed E-state index contributed by atoms with van der Waals surface area (Å²) in [5.74, 6) is 0.00714. The topological polar surface area (TPSA) is 90.0 Å². The van der Waals surface area contributed by atoms with E-state index in [9.17, 15) is 18.0 Å². The van der Waals surface area contributed by atoms with Crippen LogP contribution in [0.2, 0.25) is 0 Å². The molecule has 0 spiro atoms. The second kappa shape index (κ2) is 11.6. The third-order valence-electron chi connectivity index (χ3n) is 7.05. The minimum absolute atomic E-state index is 0.00337. The van der Waals surface area contributed by atoms with Crippen molar-refractivity contribution in [1.82, 2.24) is 19.4 Å². The maximum Gasteiger partial charge on any atom is 0.243 e. The number of carbonyl (C=O) groups excluding carboxylic acids is 2. The Balaban J connectivity index is 1.50. The molecule has 0 radical (unpaired) electrons. The molecular formula is C25H40N4O4S. The first-order valence-electron chi connectivity index (χ1n) is 12.5.